The summed E-state index contributed by atoms with van der Waals surface area (Å²) in [5, 5.41) is 3.35. The second-order valence-electron chi connectivity index (χ2n) is 5.07. The highest BCUT2D eigenvalue weighted by Gasteiger charge is 2.51. The lowest BCUT2D eigenvalue weighted by atomic mass is 9.79. The van der Waals surface area contributed by atoms with Crippen molar-refractivity contribution in [3.05, 3.63) is 52.4 Å². The molecule has 0 bridgehead atoms. The summed E-state index contributed by atoms with van der Waals surface area (Å²) >= 11 is 5.93. The maximum absolute atomic E-state index is 12.4. The lowest BCUT2D eigenvalue weighted by Gasteiger charge is -2.20. The minimum absolute atomic E-state index is 0.0218. The zero-order chi connectivity index (χ0) is 13.0. The Bertz CT molecular complexity index is 716. The van der Waals surface area contributed by atoms with Gasteiger partial charge in [0.2, 0.25) is 5.91 Å². The van der Waals surface area contributed by atoms with Gasteiger partial charge in [0, 0.05) is 18.0 Å². The van der Waals surface area contributed by atoms with Crippen LogP contribution < -0.4 is 5.32 Å². The van der Waals surface area contributed by atoms with E-state index in [1.807, 2.05) is 18.2 Å². The predicted octanol–water partition coefficient (Wildman–Crippen LogP) is 2.12. The summed E-state index contributed by atoms with van der Waals surface area (Å²) in [4.78, 5) is 20.7. The lowest BCUT2D eigenvalue weighted by Crippen LogP contribution is -2.35. The Morgan fingerprint density at radius 1 is 1.26 bits per heavy atom. The van der Waals surface area contributed by atoms with Crippen LogP contribution in [-0.2, 0) is 23.1 Å². The van der Waals surface area contributed by atoms with Gasteiger partial charge >= 0.3 is 0 Å². The van der Waals surface area contributed by atoms with Crippen molar-refractivity contribution >= 4 is 23.3 Å². The predicted molar refractivity (Wildman–Crippen MR) is 71.2 cm³/mol. The van der Waals surface area contributed by atoms with E-state index in [9.17, 15) is 4.79 Å². The first-order valence-corrected chi connectivity index (χ1v) is 6.47. The van der Waals surface area contributed by atoms with Crippen LogP contribution in [0.25, 0.3) is 0 Å². The lowest BCUT2D eigenvalue weighted by molar-refractivity contribution is -0.120. The summed E-state index contributed by atoms with van der Waals surface area (Å²) in [6, 6.07) is 5.70. The maximum Gasteiger partial charge on any atom is 0.237 e. The number of amides is 1. The minimum atomic E-state index is -0.529. The molecule has 2 aliphatic rings. The molecule has 1 spiro atoms. The Balaban J connectivity index is 1.88. The van der Waals surface area contributed by atoms with Crippen LogP contribution in [0.3, 0.4) is 0 Å². The SMILES string of the molecule is O=C1Nc2ncccc2[C@@]12Cc1cnc(Cl)cc1C2. The number of aromatic nitrogens is 2. The van der Waals surface area contributed by atoms with Gasteiger partial charge in [-0.15, -0.1) is 0 Å². The molecular weight excluding hydrogens is 262 g/mol. The molecule has 1 N–H and O–H groups in total. The van der Waals surface area contributed by atoms with Crippen molar-refractivity contribution in [2.75, 3.05) is 5.32 Å². The molecule has 0 radical (unpaired) electrons. The van der Waals surface area contributed by atoms with Gasteiger partial charge in [0.25, 0.3) is 0 Å². The topological polar surface area (TPSA) is 54.9 Å². The third-order valence-corrected chi connectivity index (χ3v) is 4.23. The van der Waals surface area contributed by atoms with Gasteiger partial charge in [0.05, 0.1) is 5.41 Å². The number of anilines is 1. The molecule has 0 aromatic carbocycles. The number of nitrogens with one attached hydrogen (secondary N) is 1. The van der Waals surface area contributed by atoms with E-state index in [0.717, 1.165) is 16.7 Å². The fraction of sp³-hybridized carbons (Fsp3) is 0.214. The van der Waals surface area contributed by atoms with E-state index in [1.54, 1.807) is 12.4 Å². The second kappa shape index (κ2) is 3.54. The van der Waals surface area contributed by atoms with Gasteiger partial charge in [-0.25, -0.2) is 9.97 Å². The monoisotopic (exact) mass is 271 g/mol. The van der Waals surface area contributed by atoms with E-state index in [0.29, 0.717) is 23.8 Å². The first-order chi connectivity index (χ1) is 9.19. The number of hydrogen-bond donors (Lipinski definition) is 1. The molecule has 0 saturated heterocycles. The number of fused-ring (bicyclic) bond motifs is 3. The zero-order valence-electron chi connectivity index (χ0n) is 9.98. The number of rotatable bonds is 0. The Labute approximate surface area is 114 Å². The average Bonchev–Trinajstić information content (AvgIpc) is 2.90. The highest BCUT2D eigenvalue weighted by molar-refractivity contribution is 6.29. The Morgan fingerprint density at radius 2 is 2.11 bits per heavy atom. The average molecular weight is 272 g/mol. The van der Waals surface area contributed by atoms with Crippen molar-refractivity contribution in [1.82, 2.24) is 9.97 Å². The van der Waals surface area contributed by atoms with Crippen LogP contribution in [0.4, 0.5) is 5.82 Å². The smallest absolute Gasteiger partial charge is 0.237 e. The van der Waals surface area contributed by atoms with Gasteiger partial charge in [-0.1, -0.05) is 17.7 Å². The fourth-order valence-electron chi connectivity index (χ4n) is 3.12. The Hall–Kier alpha value is -1.94. The first-order valence-electron chi connectivity index (χ1n) is 6.09. The summed E-state index contributed by atoms with van der Waals surface area (Å²) in [6.07, 6.45) is 4.79. The van der Waals surface area contributed by atoms with Crippen molar-refractivity contribution in [3.8, 4) is 0 Å². The van der Waals surface area contributed by atoms with E-state index < -0.39 is 5.41 Å². The van der Waals surface area contributed by atoms with Gasteiger partial charge in [-0.3, -0.25) is 4.79 Å². The molecular formula is C14H10ClN3O. The largest absolute Gasteiger partial charge is 0.310 e. The molecule has 4 nitrogen and oxygen atoms in total. The molecule has 0 saturated carbocycles. The van der Waals surface area contributed by atoms with E-state index in [2.05, 4.69) is 15.3 Å². The maximum atomic E-state index is 12.4. The highest BCUT2D eigenvalue weighted by Crippen LogP contribution is 2.46. The van der Waals surface area contributed by atoms with Gasteiger partial charge in [0.1, 0.15) is 11.0 Å². The van der Waals surface area contributed by atoms with E-state index in [-0.39, 0.29) is 5.91 Å². The quantitative estimate of drug-likeness (QED) is 0.747. The van der Waals surface area contributed by atoms with Crippen molar-refractivity contribution < 1.29 is 4.79 Å². The number of pyridine rings is 2. The summed E-state index contributed by atoms with van der Waals surface area (Å²) in [5.41, 5.74) is 2.65. The summed E-state index contributed by atoms with van der Waals surface area (Å²) < 4.78 is 0. The molecule has 2 aromatic heterocycles. The molecule has 1 aliphatic heterocycles. The molecule has 1 aliphatic carbocycles. The standard InChI is InChI=1S/C14H10ClN3O/c15-11-4-8-5-14(6-9(8)7-17-11)10-2-1-3-16-12(10)18-13(14)19/h1-4,7H,5-6H2,(H,16,18,19)/t14-/m1/s1. The van der Waals surface area contributed by atoms with Gasteiger partial charge < -0.3 is 5.32 Å². The molecule has 0 fully saturated rings. The zero-order valence-corrected chi connectivity index (χ0v) is 10.7. The molecule has 5 heteroatoms. The van der Waals surface area contributed by atoms with E-state index >= 15 is 0 Å². The minimum Gasteiger partial charge on any atom is -0.310 e. The number of nitrogens with zero attached hydrogens (tertiary/aromatic N) is 2. The van der Waals surface area contributed by atoms with Gasteiger partial charge in [0.15, 0.2) is 0 Å². The Kier molecular flexibility index (Phi) is 2.04. The molecule has 94 valence electrons. The van der Waals surface area contributed by atoms with E-state index in [1.165, 1.54) is 0 Å². The van der Waals surface area contributed by atoms with Crippen molar-refractivity contribution in [2.24, 2.45) is 0 Å². The number of hydrogen-bond acceptors (Lipinski definition) is 3. The van der Waals surface area contributed by atoms with Crippen LogP contribution in [0, 0.1) is 0 Å². The van der Waals surface area contributed by atoms with Crippen LogP contribution in [0.2, 0.25) is 5.15 Å². The normalized spacial score (nSPS) is 23.3. The number of carbonyl (C=O) groups excluding carboxylic acids is 1. The first kappa shape index (κ1) is 10.9. The van der Waals surface area contributed by atoms with Gasteiger partial charge in [-0.05, 0) is 36.1 Å². The van der Waals surface area contributed by atoms with Crippen LogP contribution in [0.1, 0.15) is 16.7 Å². The van der Waals surface area contributed by atoms with E-state index in [4.69, 9.17) is 11.6 Å². The van der Waals surface area contributed by atoms with Crippen LogP contribution >= 0.6 is 11.6 Å². The number of carbonyl (C=O) groups is 1. The third kappa shape index (κ3) is 1.37. The fourth-order valence-corrected chi connectivity index (χ4v) is 3.30. The van der Waals surface area contributed by atoms with Crippen molar-refractivity contribution in [3.63, 3.8) is 0 Å². The summed E-state index contributed by atoms with van der Waals surface area (Å²) in [5.74, 6) is 0.702. The van der Waals surface area contributed by atoms with Crippen LogP contribution in [0.5, 0.6) is 0 Å². The van der Waals surface area contributed by atoms with Crippen LogP contribution in [0.15, 0.2) is 30.6 Å². The third-order valence-electron chi connectivity index (χ3n) is 4.02. The molecule has 3 heterocycles. The molecule has 4 rings (SSSR count). The molecule has 2 aromatic rings. The Morgan fingerprint density at radius 3 is 3.00 bits per heavy atom. The molecule has 19 heavy (non-hydrogen) atoms. The molecule has 0 unspecified atom stereocenters. The van der Waals surface area contributed by atoms with Crippen LogP contribution in [-0.4, -0.2) is 15.9 Å². The number of halogens is 1. The van der Waals surface area contributed by atoms with Crippen molar-refractivity contribution in [1.29, 1.82) is 0 Å². The summed E-state index contributed by atoms with van der Waals surface area (Å²) in [6.45, 7) is 0. The highest BCUT2D eigenvalue weighted by atomic mass is 35.5. The summed E-state index contributed by atoms with van der Waals surface area (Å²) in [7, 11) is 0. The second-order valence-corrected chi connectivity index (χ2v) is 5.45. The molecule has 1 amide bonds. The van der Waals surface area contributed by atoms with Gasteiger partial charge in [-0.2, -0.15) is 0 Å². The molecule has 1 atom stereocenters. The van der Waals surface area contributed by atoms with Crippen molar-refractivity contribution in [2.45, 2.75) is 18.3 Å².